The van der Waals surface area contributed by atoms with Gasteiger partial charge < -0.3 is 9.47 Å². The molecule has 0 amide bonds. The maximum atomic E-state index is 11.3. The zero-order valence-corrected chi connectivity index (χ0v) is 9.41. The second-order valence-corrected chi connectivity index (χ2v) is 3.44. The molecular weight excluding hydrogens is 192 g/mol. The van der Waals surface area contributed by atoms with Crippen molar-refractivity contribution in [3.8, 4) is 11.8 Å². The van der Waals surface area contributed by atoms with Crippen LogP contribution in [-0.4, -0.2) is 25.3 Å². The second kappa shape index (κ2) is 6.60. The van der Waals surface area contributed by atoms with Gasteiger partial charge in [-0.25, -0.2) is 0 Å². The van der Waals surface area contributed by atoms with Gasteiger partial charge in [0.15, 0.2) is 0 Å². The van der Waals surface area contributed by atoms with Crippen molar-refractivity contribution in [2.45, 2.75) is 39.4 Å². The zero-order valence-electron chi connectivity index (χ0n) is 9.41. The summed E-state index contributed by atoms with van der Waals surface area (Å²) in [5, 5.41) is 0. The molecule has 0 saturated heterocycles. The molecule has 1 aliphatic carbocycles. The molecule has 0 bridgehead atoms. The molecule has 3 nitrogen and oxygen atoms in total. The van der Waals surface area contributed by atoms with E-state index in [0.717, 1.165) is 12.8 Å². The molecule has 0 aromatic carbocycles. The Morgan fingerprint density at radius 2 is 2.07 bits per heavy atom. The number of carbonyl (C=O) groups is 1. The van der Waals surface area contributed by atoms with Gasteiger partial charge in [0, 0.05) is 19.6 Å². The lowest BCUT2D eigenvalue weighted by Gasteiger charge is -2.10. The van der Waals surface area contributed by atoms with Gasteiger partial charge in [-0.1, -0.05) is 5.92 Å². The number of ketones is 1. The number of ether oxygens (including phenoxy) is 2. The number of carbonyl (C=O) groups excluding carboxylic acids is 1. The van der Waals surface area contributed by atoms with E-state index in [-0.39, 0.29) is 11.7 Å². The average Bonchev–Trinajstić information content (AvgIpc) is 2.61. The van der Waals surface area contributed by atoms with Crippen molar-refractivity contribution < 1.29 is 14.3 Å². The third kappa shape index (κ3) is 4.03. The van der Waals surface area contributed by atoms with E-state index in [9.17, 15) is 4.79 Å². The Kier molecular flexibility index (Phi) is 5.38. The van der Waals surface area contributed by atoms with Gasteiger partial charge in [0.2, 0.25) is 6.29 Å². The third-order valence-electron chi connectivity index (χ3n) is 2.32. The van der Waals surface area contributed by atoms with E-state index in [4.69, 9.17) is 9.47 Å². The van der Waals surface area contributed by atoms with Crippen LogP contribution >= 0.6 is 0 Å². The van der Waals surface area contributed by atoms with Crippen molar-refractivity contribution >= 4 is 5.78 Å². The van der Waals surface area contributed by atoms with E-state index in [2.05, 4.69) is 11.8 Å². The van der Waals surface area contributed by atoms with E-state index < -0.39 is 6.29 Å². The Balaban J connectivity index is 2.48. The molecule has 0 aliphatic heterocycles. The Morgan fingerprint density at radius 3 is 2.53 bits per heavy atom. The van der Waals surface area contributed by atoms with Crippen molar-refractivity contribution in [1.82, 2.24) is 0 Å². The summed E-state index contributed by atoms with van der Waals surface area (Å²) in [6.07, 6.45) is 2.05. The number of hydrogen-bond acceptors (Lipinski definition) is 3. The first kappa shape index (κ1) is 12.2. The van der Waals surface area contributed by atoms with Crippen molar-refractivity contribution in [3.63, 3.8) is 0 Å². The monoisotopic (exact) mass is 210 g/mol. The van der Waals surface area contributed by atoms with Gasteiger partial charge in [0.1, 0.15) is 5.78 Å². The molecule has 15 heavy (non-hydrogen) atoms. The van der Waals surface area contributed by atoms with E-state index >= 15 is 0 Å². The molecule has 0 aromatic rings. The summed E-state index contributed by atoms with van der Waals surface area (Å²) < 4.78 is 10.5. The fourth-order valence-electron chi connectivity index (χ4n) is 1.57. The summed E-state index contributed by atoms with van der Waals surface area (Å²) in [6.45, 7) is 4.93. The first-order chi connectivity index (χ1) is 7.27. The molecule has 0 spiro atoms. The number of hydrogen-bond donors (Lipinski definition) is 0. The Labute approximate surface area is 91.1 Å². The van der Waals surface area contributed by atoms with Gasteiger partial charge in [-0.2, -0.15) is 0 Å². The third-order valence-corrected chi connectivity index (χ3v) is 2.32. The highest BCUT2D eigenvalue weighted by Gasteiger charge is 2.22. The summed E-state index contributed by atoms with van der Waals surface area (Å²) in [4.78, 5) is 11.3. The van der Waals surface area contributed by atoms with Crippen LogP contribution in [0.3, 0.4) is 0 Å². The summed E-state index contributed by atoms with van der Waals surface area (Å²) in [6, 6.07) is 0. The Bertz CT molecular complexity index is 256. The van der Waals surface area contributed by atoms with Crippen LogP contribution in [0, 0.1) is 17.8 Å². The molecule has 0 heterocycles. The van der Waals surface area contributed by atoms with E-state index in [1.54, 1.807) is 0 Å². The zero-order chi connectivity index (χ0) is 11.1. The second-order valence-electron chi connectivity index (χ2n) is 3.44. The summed E-state index contributed by atoms with van der Waals surface area (Å²) in [5.41, 5.74) is 0. The van der Waals surface area contributed by atoms with E-state index in [1.165, 1.54) is 0 Å². The number of rotatable bonds is 4. The lowest BCUT2D eigenvalue weighted by molar-refractivity contribution is -0.119. The highest BCUT2D eigenvalue weighted by Crippen LogP contribution is 2.20. The standard InChI is InChI=1S/C12H18O3/c1-3-14-12(15-4-2)9-8-10-6-5-7-11(10)13/h10,12H,3-7H2,1-2H3. The first-order valence-corrected chi connectivity index (χ1v) is 5.54. The molecule has 0 radical (unpaired) electrons. The summed E-state index contributed by atoms with van der Waals surface area (Å²) in [7, 11) is 0. The van der Waals surface area contributed by atoms with Crippen molar-refractivity contribution in [3.05, 3.63) is 0 Å². The minimum absolute atomic E-state index is 0.0894. The fourth-order valence-corrected chi connectivity index (χ4v) is 1.57. The van der Waals surface area contributed by atoms with Crippen LogP contribution in [0.2, 0.25) is 0 Å². The molecule has 1 rings (SSSR count). The largest absolute Gasteiger partial charge is 0.342 e. The van der Waals surface area contributed by atoms with Crippen LogP contribution in [-0.2, 0) is 14.3 Å². The van der Waals surface area contributed by atoms with Crippen LogP contribution < -0.4 is 0 Å². The maximum Gasteiger partial charge on any atom is 0.222 e. The topological polar surface area (TPSA) is 35.5 Å². The smallest absolute Gasteiger partial charge is 0.222 e. The van der Waals surface area contributed by atoms with Crippen LogP contribution in [0.25, 0.3) is 0 Å². The van der Waals surface area contributed by atoms with E-state index in [1.807, 2.05) is 13.8 Å². The molecule has 3 heteroatoms. The van der Waals surface area contributed by atoms with Crippen LogP contribution in [0.15, 0.2) is 0 Å². The highest BCUT2D eigenvalue weighted by molar-refractivity contribution is 5.85. The minimum atomic E-state index is -0.478. The van der Waals surface area contributed by atoms with Gasteiger partial charge >= 0.3 is 0 Å². The Morgan fingerprint density at radius 1 is 1.40 bits per heavy atom. The van der Waals surface area contributed by atoms with Crippen molar-refractivity contribution in [2.24, 2.45) is 5.92 Å². The van der Waals surface area contributed by atoms with Crippen LogP contribution in [0.1, 0.15) is 33.1 Å². The van der Waals surface area contributed by atoms with E-state index in [0.29, 0.717) is 19.6 Å². The molecule has 1 atom stereocenters. The maximum absolute atomic E-state index is 11.3. The normalized spacial score (nSPS) is 20.5. The highest BCUT2D eigenvalue weighted by atomic mass is 16.7. The first-order valence-electron chi connectivity index (χ1n) is 5.54. The van der Waals surface area contributed by atoms with Gasteiger partial charge in [-0.15, -0.1) is 0 Å². The van der Waals surface area contributed by atoms with Crippen molar-refractivity contribution in [2.75, 3.05) is 13.2 Å². The minimum Gasteiger partial charge on any atom is -0.342 e. The van der Waals surface area contributed by atoms with Gasteiger partial charge in [0.25, 0.3) is 0 Å². The predicted octanol–water partition coefficient (Wildman–Crippen LogP) is 1.76. The molecular formula is C12H18O3. The van der Waals surface area contributed by atoms with Crippen LogP contribution in [0.5, 0.6) is 0 Å². The molecule has 1 fully saturated rings. The molecule has 1 aliphatic rings. The SMILES string of the molecule is CCOC(C#CC1CCCC1=O)OCC. The van der Waals surface area contributed by atoms with Gasteiger partial charge in [0.05, 0.1) is 5.92 Å². The average molecular weight is 210 g/mol. The summed E-state index contributed by atoms with van der Waals surface area (Å²) >= 11 is 0. The summed E-state index contributed by atoms with van der Waals surface area (Å²) in [5.74, 6) is 6.00. The predicted molar refractivity (Wildman–Crippen MR) is 57.2 cm³/mol. The van der Waals surface area contributed by atoms with Crippen LogP contribution in [0.4, 0.5) is 0 Å². The molecule has 0 aromatic heterocycles. The quantitative estimate of drug-likeness (QED) is 0.524. The number of Topliss-reactive ketones (excluding diaryl/α,β-unsaturated/α-hetero) is 1. The Hall–Kier alpha value is -0.850. The molecule has 1 unspecified atom stereocenters. The fraction of sp³-hybridized carbons (Fsp3) is 0.750. The van der Waals surface area contributed by atoms with Crippen molar-refractivity contribution in [1.29, 1.82) is 0 Å². The lowest BCUT2D eigenvalue weighted by atomic mass is 10.1. The van der Waals surface area contributed by atoms with Gasteiger partial charge in [-0.3, -0.25) is 4.79 Å². The molecule has 84 valence electrons. The lowest BCUT2D eigenvalue weighted by Crippen LogP contribution is -2.15. The van der Waals surface area contributed by atoms with Gasteiger partial charge in [-0.05, 0) is 32.6 Å². The molecule has 1 saturated carbocycles. The molecule has 0 N–H and O–H groups in total.